The smallest absolute Gasteiger partial charge is 0.279 e. The summed E-state index contributed by atoms with van der Waals surface area (Å²) in [6.45, 7) is 4.52. The zero-order valence-corrected chi connectivity index (χ0v) is 30.8. The second-order valence-electron chi connectivity index (χ2n) is 14.3. The Kier molecular flexibility index (Phi) is 29.1. The van der Waals surface area contributed by atoms with E-state index in [9.17, 15) is 18.4 Å². The Labute approximate surface area is 289 Å². The SMILES string of the molecule is CCCCCCCCCCCCCCCCC=C(F)C(=O)NC1CC1NC(=O)C(F)=CCCCCCCCCCCCCCCCC. The molecule has 6 heteroatoms. The molecule has 0 aromatic heterocycles. The first kappa shape index (κ1) is 43.3. The Morgan fingerprint density at radius 3 is 0.936 bits per heavy atom. The molecule has 2 atom stereocenters. The minimum atomic E-state index is -0.768. The van der Waals surface area contributed by atoms with Crippen molar-refractivity contribution < 1.29 is 18.4 Å². The van der Waals surface area contributed by atoms with Crippen LogP contribution >= 0.6 is 0 Å². The maximum absolute atomic E-state index is 14.2. The van der Waals surface area contributed by atoms with E-state index in [-0.39, 0.29) is 12.1 Å². The summed E-state index contributed by atoms with van der Waals surface area (Å²) in [4.78, 5) is 24.3. The van der Waals surface area contributed by atoms with Crippen LogP contribution < -0.4 is 10.6 Å². The van der Waals surface area contributed by atoms with Crippen molar-refractivity contribution >= 4 is 11.8 Å². The van der Waals surface area contributed by atoms with E-state index in [1.54, 1.807) is 0 Å². The quantitative estimate of drug-likeness (QED) is 0.0531. The van der Waals surface area contributed by atoms with Gasteiger partial charge in [-0.05, 0) is 44.3 Å². The molecule has 0 saturated heterocycles. The number of nitrogens with one attached hydrogen (secondary N) is 2. The van der Waals surface area contributed by atoms with Crippen LogP contribution in [0.4, 0.5) is 8.78 Å². The first-order valence-corrected chi connectivity index (χ1v) is 20.3. The highest BCUT2D eigenvalue weighted by Crippen LogP contribution is 2.23. The number of hydrogen-bond acceptors (Lipinski definition) is 2. The molecule has 0 heterocycles. The van der Waals surface area contributed by atoms with Crippen LogP contribution in [0.2, 0.25) is 0 Å². The number of amides is 2. The van der Waals surface area contributed by atoms with Gasteiger partial charge in [0.2, 0.25) is 0 Å². The van der Waals surface area contributed by atoms with Crippen LogP contribution in [0.3, 0.4) is 0 Å². The first-order chi connectivity index (χ1) is 23.0. The molecule has 1 fully saturated rings. The topological polar surface area (TPSA) is 58.2 Å². The zero-order valence-electron chi connectivity index (χ0n) is 30.8. The average molecular weight is 665 g/mol. The number of halogens is 2. The highest BCUT2D eigenvalue weighted by Gasteiger charge is 2.40. The molecule has 0 bridgehead atoms. The summed E-state index contributed by atoms with van der Waals surface area (Å²) >= 11 is 0. The molecule has 2 amide bonds. The van der Waals surface area contributed by atoms with Crippen LogP contribution in [-0.2, 0) is 9.59 Å². The molecule has 1 aliphatic rings. The van der Waals surface area contributed by atoms with E-state index in [0.29, 0.717) is 19.3 Å². The summed E-state index contributed by atoms with van der Waals surface area (Å²) in [5, 5.41) is 5.22. The van der Waals surface area contributed by atoms with E-state index >= 15 is 0 Å². The molecule has 0 radical (unpaired) electrons. The van der Waals surface area contributed by atoms with Gasteiger partial charge < -0.3 is 10.6 Å². The Bertz CT molecular complexity index is 762. The standard InChI is InChI=1S/C41H74F2N2O2/c1-3-5-7-9-11-13-15-17-19-21-23-25-27-29-31-33-36(42)40(46)44-38-35-39(38)45-41(47)37(43)34-32-30-28-26-24-22-20-18-16-14-12-10-8-6-4-2/h33-34,38-39H,3-32,35H2,1-2H3,(H,44,46)(H,45,47). The van der Waals surface area contributed by atoms with Crippen LogP contribution in [0.15, 0.2) is 23.8 Å². The summed E-state index contributed by atoms with van der Waals surface area (Å²) < 4.78 is 28.5. The van der Waals surface area contributed by atoms with Gasteiger partial charge in [0, 0.05) is 0 Å². The number of allylic oxidation sites excluding steroid dienone is 2. The lowest BCUT2D eigenvalue weighted by atomic mass is 10.0. The van der Waals surface area contributed by atoms with E-state index < -0.39 is 23.5 Å². The second-order valence-corrected chi connectivity index (χ2v) is 14.3. The monoisotopic (exact) mass is 665 g/mol. The molecule has 4 nitrogen and oxygen atoms in total. The highest BCUT2D eigenvalue weighted by molar-refractivity contribution is 5.93. The van der Waals surface area contributed by atoms with Gasteiger partial charge in [-0.1, -0.05) is 181 Å². The Balaban J connectivity index is 1.96. The molecule has 0 aliphatic heterocycles. The van der Waals surface area contributed by atoms with Gasteiger partial charge in [-0.15, -0.1) is 0 Å². The fraction of sp³-hybridized carbons (Fsp3) is 0.854. The van der Waals surface area contributed by atoms with Crippen molar-refractivity contribution in [2.75, 3.05) is 0 Å². The predicted molar refractivity (Wildman–Crippen MR) is 197 cm³/mol. The van der Waals surface area contributed by atoms with E-state index in [4.69, 9.17) is 0 Å². The number of unbranched alkanes of at least 4 members (excludes halogenated alkanes) is 28. The lowest BCUT2D eigenvalue weighted by Crippen LogP contribution is -2.35. The maximum Gasteiger partial charge on any atom is 0.279 e. The molecule has 2 N–H and O–H groups in total. The molecule has 1 aliphatic carbocycles. The summed E-state index contributed by atoms with van der Waals surface area (Å²) in [7, 11) is 0. The van der Waals surface area contributed by atoms with Crippen molar-refractivity contribution in [1.29, 1.82) is 0 Å². The average Bonchev–Trinajstić information content (AvgIpc) is 3.80. The zero-order chi connectivity index (χ0) is 34.2. The van der Waals surface area contributed by atoms with Crippen molar-refractivity contribution in [2.24, 2.45) is 0 Å². The van der Waals surface area contributed by atoms with Crippen LogP contribution in [0.25, 0.3) is 0 Å². The number of hydrogen-bond donors (Lipinski definition) is 2. The van der Waals surface area contributed by atoms with E-state index in [1.165, 1.54) is 153 Å². The van der Waals surface area contributed by atoms with Gasteiger partial charge in [0.1, 0.15) is 0 Å². The third-order valence-electron chi connectivity index (χ3n) is 9.62. The molecule has 1 saturated carbocycles. The normalized spacial score (nSPS) is 16.4. The fourth-order valence-electron chi connectivity index (χ4n) is 6.31. The molecule has 2 unspecified atom stereocenters. The summed E-state index contributed by atoms with van der Waals surface area (Å²) in [5.41, 5.74) is 0. The molecule has 0 spiro atoms. The molecular formula is C41H74F2N2O2. The lowest BCUT2D eigenvalue weighted by molar-refractivity contribution is -0.120. The van der Waals surface area contributed by atoms with Crippen LogP contribution in [0.1, 0.15) is 213 Å². The van der Waals surface area contributed by atoms with E-state index in [0.717, 1.165) is 38.5 Å². The summed E-state index contributed by atoms with van der Waals surface area (Å²) in [5.74, 6) is -3.02. The van der Waals surface area contributed by atoms with Gasteiger partial charge in [-0.2, -0.15) is 0 Å². The molecule has 47 heavy (non-hydrogen) atoms. The highest BCUT2D eigenvalue weighted by atomic mass is 19.1. The van der Waals surface area contributed by atoms with Gasteiger partial charge in [0.15, 0.2) is 11.7 Å². The van der Waals surface area contributed by atoms with Crippen LogP contribution in [0, 0.1) is 0 Å². The summed E-state index contributed by atoms with van der Waals surface area (Å²) in [6.07, 6.45) is 40.0. The second kappa shape index (κ2) is 31.5. The van der Waals surface area contributed by atoms with Crippen molar-refractivity contribution in [3.63, 3.8) is 0 Å². The largest absolute Gasteiger partial charge is 0.345 e. The number of carbonyl (C=O) groups excluding carboxylic acids is 2. The Morgan fingerprint density at radius 2 is 0.681 bits per heavy atom. The van der Waals surface area contributed by atoms with Gasteiger partial charge in [-0.25, -0.2) is 8.78 Å². The van der Waals surface area contributed by atoms with Crippen molar-refractivity contribution in [2.45, 2.75) is 225 Å². The van der Waals surface area contributed by atoms with Crippen LogP contribution in [0.5, 0.6) is 0 Å². The number of rotatable bonds is 34. The first-order valence-electron chi connectivity index (χ1n) is 20.3. The minimum absolute atomic E-state index is 0.342. The van der Waals surface area contributed by atoms with E-state index in [1.807, 2.05) is 0 Å². The third-order valence-corrected chi connectivity index (χ3v) is 9.62. The van der Waals surface area contributed by atoms with Crippen LogP contribution in [-0.4, -0.2) is 23.9 Å². The molecule has 274 valence electrons. The van der Waals surface area contributed by atoms with Crippen molar-refractivity contribution in [1.82, 2.24) is 10.6 Å². The molecule has 1 rings (SSSR count). The molecule has 0 aromatic carbocycles. The Hall–Kier alpha value is -1.72. The minimum Gasteiger partial charge on any atom is -0.345 e. The van der Waals surface area contributed by atoms with Crippen molar-refractivity contribution in [3.05, 3.63) is 23.8 Å². The number of carbonyl (C=O) groups is 2. The molecule has 0 aromatic rings. The maximum atomic E-state index is 14.2. The van der Waals surface area contributed by atoms with E-state index in [2.05, 4.69) is 24.5 Å². The summed E-state index contributed by atoms with van der Waals surface area (Å²) in [6, 6.07) is -0.685. The third kappa shape index (κ3) is 26.9. The fourth-order valence-corrected chi connectivity index (χ4v) is 6.31. The van der Waals surface area contributed by atoms with Gasteiger partial charge >= 0.3 is 0 Å². The molecular weight excluding hydrogens is 590 g/mol. The Morgan fingerprint density at radius 1 is 0.447 bits per heavy atom. The van der Waals surface area contributed by atoms with Gasteiger partial charge in [-0.3, -0.25) is 9.59 Å². The van der Waals surface area contributed by atoms with Crippen molar-refractivity contribution in [3.8, 4) is 0 Å². The van der Waals surface area contributed by atoms with Gasteiger partial charge in [0.05, 0.1) is 12.1 Å². The lowest BCUT2D eigenvalue weighted by Gasteiger charge is -2.05. The predicted octanol–water partition coefficient (Wildman–Crippen LogP) is 12.8. The van der Waals surface area contributed by atoms with Gasteiger partial charge in [0.25, 0.3) is 11.8 Å².